The molecule has 1 aromatic carbocycles. The van der Waals surface area contributed by atoms with Crippen molar-refractivity contribution in [1.29, 1.82) is 0 Å². The predicted molar refractivity (Wildman–Crippen MR) is 177 cm³/mol. The molecule has 46 heavy (non-hydrogen) atoms. The number of aromatic nitrogens is 1. The van der Waals surface area contributed by atoms with Crippen molar-refractivity contribution in [2.45, 2.75) is 45.6 Å². The molecule has 9 nitrogen and oxygen atoms in total. The first-order valence-corrected chi connectivity index (χ1v) is 17.4. The first kappa shape index (κ1) is 33.6. The molecule has 11 heteroatoms. The molecule has 2 aliphatic carbocycles. The first-order chi connectivity index (χ1) is 22.2. The van der Waals surface area contributed by atoms with E-state index in [1.165, 1.54) is 25.9 Å². The van der Waals surface area contributed by atoms with Crippen LogP contribution in [0.2, 0.25) is 0 Å². The zero-order chi connectivity index (χ0) is 32.7. The molecule has 2 fully saturated rings. The summed E-state index contributed by atoms with van der Waals surface area (Å²) in [6.07, 6.45) is 13.6. The predicted octanol–water partition coefficient (Wildman–Crippen LogP) is 5.29. The van der Waals surface area contributed by atoms with Crippen molar-refractivity contribution in [2.24, 2.45) is 5.92 Å². The van der Waals surface area contributed by atoms with Crippen molar-refractivity contribution >= 4 is 26.9 Å². The number of methoxy groups -OCH3 is 2. The zero-order valence-electron chi connectivity index (χ0n) is 26.8. The van der Waals surface area contributed by atoms with Gasteiger partial charge in [0.15, 0.2) is 11.6 Å². The number of amides is 1. The van der Waals surface area contributed by atoms with Gasteiger partial charge in [-0.1, -0.05) is 49.3 Å². The van der Waals surface area contributed by atoms with E-state index in [1.807, 2.05) is 37.3 Å². The molecule has 0 bridgehead atoms. The van der Waals surface area contributed by atoms with Crippen LogP contribution in [0.5, 0.6) is 5.75 Å². The molecule has 1 saturated carbocycles. The standard InChI is InChI=1S/C35H43FN4O5S/c1-4-8-29(35(41)40-19-17-39(18-20-40)24-25-12-13-32(45-3)30(36)21-25)31(44-2)14-16-38-46(42,43)33-23-27-10-6-5-9-26(27)22-28-11-7-15-37-34(28)33/h7-8,11-15,21-23,27,38H,4-6,9-10,16-20,24H2,1-3H3/b29-8+,31-14+. The molecule has 0 radical (unpaired) electrons. The first-order valence-electron chi connectivity index (χ1n) is 15.9. The van der Waals surface area contributed by atoms with Gasteiger partial charge in [-0.15, -0.1) is 0 Å². The van der Waals surface area contributed by atoms with E-state index in [0.29, 0.717) is 56.2 Å². The molecule has 1 amide bonds. The fourth-order valence-electron chi connectivity index (χ4n) is 6.32. The van der Waals surface area contributed by atoms with Gasteiger partial charge in [0.1, 0.15) is 10.7 Å². The average Bonchev–Trinajstić information content (AvgIpc) is 3.23. The Labute approximate surface area is 271 Å². The van der Waals surface area contributed by atoms with Gasteiger partial charge in [-0.2, -0.15) is 0 Å². The number of pyridine rings is 1. The monoisotopic (exact) mass is 650 g/mol. The minimum atomic E-state index is -3.93. The Morgan fingerprint density at radius 1 is 1.13 bits per heavy atom. The number of hydrogen-bond acceptors (Lipinski definition) is 7. The van der Waals surface area contributed by atoms with Crippen molar-refractivity contribution in [3.63, 3.8) is 0 Å². The van der Waals surface area contributed by atoms with Crippen molar-refractivity contribution in [1.82, 2.24) is 19.5 Å². The number of halogens is 1. The third kappa shape index (κ3) is 7.76. The normalized spacial score (nSPS) is 19.4. The lowest BCUT2D eigenvalue weighted by Crippen LogP contribution is -2.48. The third-order valence-corrected chi connectivity index (χ3v) is 10.2. The van der Waals surface area contributed by atoms with Crippen LogP contribution < -0.4 is 9.46 Å². The van der Waals surface area contributed by atoms with Gasteiger partial charge < -0.3 is 14.4 Å². The highest BCUT2D eigenvalue weighted by Gasteiger charge is 2.30. The third-order valence-electron chi connectivity index (χ3n) is 8.73. The molecule has 3 aliphatic rings. The maximum absolute atomic E-state index is 14.2. The number of sulfonamides is 1. The molecular formula is C35H43FN4O5S. The van der Waals surface area contributed by atoms with E-state index >= 15 is 0 Å². The Morgan fingerprint density at radius 2 is 1.93 bits per heavy atom. The lowest BCUT2D eigenvalue weighted by atomic mass is 9.84. The van der Waals surface area contributed by atoms with E-state index < -0.39 is 15.8 Å². The van der Waals surface area contributed by atoms with Crippen molar-refractivity contribution in [3.05, 3.63) is 94.3 Å². The molecule has 2 heterocycles. The van der Waals surface area contributed by atoms with Crippen LogP contribution in [0, 0.1) is 11.7 Å². The molecule has 1 aromatic heterocycles. The average molecular weight is 651 g/mol. The number of rotatable bonds is 11. The highest BCUT2D eigenvalue weighted by atomic mass is 32.2. The van der Waals surface area contributed by atoms with Gasteiger partial charge in [0, 0.05) is 51.0 Å². The van der Waals surface area contributed by atoms with Crippen molar-refractivity contribution in [3.8, 4) is 5.75 Å². The number of piperazine rings is 1. The van der Waals surface area contributed by atoms with Gasteiger partial charge in [0.05, 0.1) is 25.5 Å². The summed E-state index contributed by atoms with van der Waals surface area (Å²) in [5, 5.41) is 0. The second-order valence-corrected chi connectivity index (χ2v) is 13.5. The van der Waals surface area contributed by atoms with Gasteiger partial charge in [0.25, 0.3) is 5.91 Å². The van der Waals surface area contributed by atoms with E-state index in [-0.39, 0.29) is 29.0 Å². The van der Waals surface area contributed by atoms with Crippen molar-refractivity contribution in [2.75, 3.05) is 46.9 Å². The van der Waals surface area contributed by atoms with E-state index in [9.17, 15) is 17.6 Å². The summed E-state index contributed by atoms with van der Waals surface area (Å²) in [5.74, 6) is 0.0217. The number of allylic oxidation sites excluding steroid dienone is 3. The summed E-state index contributed by atoms with van der Waals surface area (Å²) in [4.78, 5) is 22.3. The maximum Gasteiger partial charge on any atom is 0.257 e. The lowest BCUT2D eigenvalue weighted by molar-refractivity contribution is -0.129. The van der Waals surface area contributed by atoms with E-state index in [2.05, 4.69) is 20.7 Å². The number of carbonyl (C=O) groups is 1. The molecule has 0 spiro atoms. The van der Waals surface area contributed by atoms with Gasteiger partial charge in [0.2, 0.25) is 10.0 Å². The summed E-state index contributed by atoms with van der Waals surface area (Å²) in [6.45, 7) is 4.71. The second kappa shape index (κ2) is 15.2. The second-order valence-electron chi connectivity index (χ2n) is 11.7. The number of benzene rings is 1. The molecule has 1 N–H and O–H groups in total. The molecule has 1 unspecified atom stereocenters. The Balaban J connectivity index is 1.25. The highest BCUT2D eigenvalue weighted by Crippen LogP contribution is 2.38. The number of nitrogens with one attached hydrogen (secondary N) is 1. The molecule has 5 rings (SSSR count). The number of ether oxygens (including phenoxy) is 2. The zero-order valence-corrected chi connectivity index (χ0v) is 27.6. The fourth-order valence-corrected chi connectivity index (χ4v) is 7.55. The summed E-state index contributed by atoms with van der Waals surface area (Å²) in [7, 11) is -1.01. The van der Waals surface area contributed by atoms with E-state index in [4.69, 9.17) is 9.47 Å². The maximum atomic E-state index is 14.2. The minimum Gasteiger partial charge on any atom is -0.496 e. The van der Waals surface area contributed by atoms with Crippen LogP contribution in [0.1, 0.15) is 55.8 Å². The Hall–Kier alpha value is -3.80. The number of fused-ring (bicyclic) bond motifs is 2. The van der Waals surface area contributed by atoms with Gasteiger partial charge in [-0.3, -0.25) is 14.7 Å². The Morgan fingerprint density at radius 3 is 2.65 bits per heavy atom. The van der Waals surface area contributed by atoms with Crippen molar-refractivity contribution < 1.29 is 27.1 Å². The topological polar surface area (TPSA) is 101 Å². The largest absolute Gasteiger partial charge is 0.496 e. The van der Waals surface area contributed by atoms with Gasteiger partial charge in [-0.25, -0.2) is 17.5 Å². The SMILES string of the molecule is CC/C=C(C(=O)N1CCN(Cc2ccc(OC)c(F)c2)CC1)\C(=C/CNS(=O)(=O)C1=CC2CCCCC2=Cc2cccnc21)OC. The molecule has 2 aromatic rings. The summed E-state index contributed by atoms with van der Waals surface area (Å²) in [6, 6.07) is 8.68. The Kier molecular flexibility index (Phi) is 11.1. The number of hydrogen-bond donors (Lipinski definition) is 1. The molecule has 1 atom stereocenters. The quantitative estimate of drug-likeness (QED) is 0.201. The minimum absolute atomic E-state index is 0.0590. The molecule has 246 valence electrons. The van der Waals surface area contributed by atoms with E-state index in [0.717, 1.165) is 36.8 Å². The fraction of sp³-hybridized carbons (Fsp3) is 0.429. The van der Waals surface area contributed by atoms with Crippen LogP contribution in [-0.2, 0) is 26.1 Å². The molecular weight excluding hydrogens is 607 g/mol. The number of nitrogens with zero attached hydrogens (tertiary/aromatic N) is 3. The van der Waals surface area contributed by atoms with Crippen LogP contribution in [-0.4, -0.2) is 76.1 Å². The summed E-state index contributed by atoms with van der Waals surface area (Å²) < 4.78 is 54.9. The molecule has 1 saturated heterocycles. The van der Waals surface area contributed by atoms with Crippen LogP contribution >= 0.6 is 0 Å². The Bertz CT molecular complexity index is 1660. The lowest BCUT2D eigenvalue weighted by Gasteiger charge is -2.35. The van der Waals surface area contributed by atoms with Gasteiger partial charge in [-0.05, 0) is 61.4 Å². The smallest absolute Gasteiger partial charge is 0.257 e. The summed E-state index contributed by atoms with van der Waals surface area (Å²) in [5.41, 5.74) is 3.74. The van der Waals surface area contributed by atoms with Crippen LogP contribution in [0.15, 0.2) is 71.7 Å². The van der Waals surface area contributed by atoms with Crippen LogP contribution in [0.3, 0.4) is 0 Å². The van der Waals surface area contributed by atoms with Gasteiger partial charge >= 0.3 is 0 Å². The van der Waals surface area contributed by atoms with Crippen LogP contribution in [0.4, 0.5) is 4.39 Å². The molecule has 1 aliphatic heterocycles. The highest BCUT2D eigenvalue weighted by molar-refractivity contribution is 7.98. The summed E-state index contributed by atoms with van der Waals surface area (Å²) >= 11 is 0. The van der Waals surface area contributed by atoms with E-state index in [1.54, 1.807) is 23.2 Å². The number of carbonyl (C=O) groups excluding carboxylic acids is 1. The van der Waals surface area contributed by atoms with Crippen LogP contribution in [0.25, 0.3) is 11.0 Å².